The Hall–Kier alpha value is -2.09. The largest absolute Gasteiger partial charge is 0.384 e. The maximum absolute atomic E-state index is 4.82. The number of fused-ring (bicyclic) bond motifs is 1. The Kier molecular flexibility index (Phi) is 3.78. The maximum atomic E-state index is 4.82. The summed E-state index contributed by atoms with van der Waals surface area (Å²) in [5.41, 5.74) is 7.45. The van der Waals surface area contributed by atoms with Crippen molar-refractivity contribution in [1.82, 2.24) is 5.32 Å². The predicted octanol–water partition coefficient (Wildman–Crippen LogP) is 4.86. The van der Waals surface area contributed by atoms with Crippen molar-refractivity contribution < 1.29 is 0 Å². The summed E-state index contributed by atoms with van der Waals surface area (Å²) in [6.45, 7) is 10.7. The molecule has 1 heterocycles. The van der Waals surface area contributed by atoms with E-state index in [4.69, 9.17) is 4.99 Å². The normalized spacial score (nSPS) is 16.8. The number of allylic oxidation sites excluding steroid dienone is 4. The van der Waals surface area contributed by atoms with Crippen LogP contribution in [0.2, 0.25) is 0 Å². The van der Waals surface area contributed by atoms with Crippen LogP contribution in [0.1, 0.15) is 39.2 Å². The van der Waals surface area contributed by atoms with Gasteiger partial charge in [-0.05, 0) is 50.0 Å². The zero-order chi connectivity index (χ0) is 15.7. The average molecular weight is 292 g/mol. The number of nitrogens with one attached hydrogen (secondary N) is 1. The maximum Gasteiger partial charge on any atom is 0.0669 e. The number of rotatable bonds is 4. The second-order valence-electron chi connectivity index (χ2n) is 7.10. The van der Waals surface area contributed by atoms with E-state index in [-0.39, 0.29) is 5.54 Å². The highest BCUT2D eigenvalue weighted by atomic mass is 15.0. The van der Waals surface area contributed by atoms with Crippen LogP contribution in [0.25, 0.3) is 0 Å². The molecule has 1 aromatic carbocycles. The summed E-state index contributed by atoms with van der Waals surface area (Å²) in [6.07, 6.45) is 7.42. The van der Waals surface area contributed by atoms with Crippen LogP contribution in [0.4, 0.5) is 5.69 Å². The van der Waals surface area contributed by atoms with Crippen LogP contribution < -0.4 is 5.32 Å². The first kappa shape index (κ1) is 14.8. The van der Waals surface area contributed by atoms with Gasteiger partial charge in [0.15, 0.2) is 0 Å². The van der Waals surface area contributed by atoms with E-state index in [9.17, 15) is 0 Å². The second-order valence-corrected chi connectivity index (χ2v) is 7.10. The molecule has 0 radical (unpaired) electrons. The molecule has 0 aromatic heterocycles. The van der Waals surface area contributed by atoms with Gasteiger partial charge in [-0.1, -0.05) is 36.9 Å². The molecule has 22 heavy (non-hydrogen) atoms. The van der Waals surface area contributed by atoms with E-state index in [1.165, 1.54) is 22.4 Å². The topological polar surface area (TPSA) is 24.4 Å². The number of para-hydroxylation sites is 1. The minimum atomic E-state index is 0.0568. The Bertz CT molecular complexity index is 697. The molecule has 0 atom stereocenters. The minimum Gasteiger partial charge on any atom is -0.384 e. The molecule has 1 N–H and O–H groups in total. The minimum absolute atomic E-state index is 0.0568. The molecule has 0 fully saturated rings. The second kappa shape index (κ2) is 5.60. The van der Waals surface area contributed by atoms with Gasteiger partial charge in [0.2, 0.25) is 0 Å². The summed E-state index contributed by atoms with van der Waals surface area (Å²) in [4.78, 5) is 4.82. The Morgan fingerprint density at radius 1 is 1.23 bits per heavy atom. The lowest BCUT2D eigenvalue weighted by molar-refractivity contribution is 0.469. The Morgan fingerprint density at radius 3 is 2.73 bits per heavy atom. The van der Waals surface area contributed by atoms with Crippen molar-refractivity contribution in [3.8, 4) is 0 Å². The lowest BCUT2D eigenvalue weighted by Crippen LogP contribution is -2.34. The number of hydrogen-bond acceptors (Lipinski definition) is 2. The van der Waals surface area contributed by atoms with Crippen LogP contribution in [0.5, 0.6) is 0 Å². The van der Waals surface area contributed by atoms with Crippen molar-refractivity contribution in [3.05, 3.63) is 65.4 Å². The molecule has 1 aliphatic heterocycles. The van der Waals surface area contributed by atoms with Gasteiger partial charge in [-0.3, -0.25) is 4.99 Å². The van der Waals surface area contributed by atoms with Gasteiger partial charge >= 0.3 is 0 Å². The Labute approximate surface area is 133 Å². The predicted molar refractivity (Wildman–Crippen MR) is 94.7 cm³/mol. The summed E-state index contributed by atoms with van der Waals surface area (Å²) in [5, 5.41) is 3.47. The summed E-state index contributed by atoms with van der Waals surface area (Å²) >= 11 is 0. The molecule has 114 valence electrons. The highest BCUT2D eigenvalue weighted by Gasteiger charge is 2.22. The molecule has 0 saturated carbocycles. The van der Waals surface area contributed by atoms with Crippen LogP contribution in [0.15, 0.2) is 64.8 Å². The van der Waals surface area contributed by atoms with Gasteiger partial charge in [0, 0.05) is 24.1 Å². The molecule has 0 amide bonds. The molecule has 2 heteroatoms. The third-order valence-corrected chi connectivity index (χ3v) is 3.90. The summed E-state index contributed by atoms with van der Waals surface area (Å²) in [5.74, 6) is 0. The molecule has 0 saturated heterocycles. The molecule has 2 nitrogen and oxygen atoms in total. The quantitative estimate of drug-likeness (QED) is 0.841. The summed E-state index contributed by atoms with van der Waals surface area (Å²) in [7, 11) is 0. The zero-order valence-electron chi connectivity index (χ0n) is 13.7. The first-order valence-electron chi connectivity index (χ1n) is 7.94. The fraction of sp³-hybridized carbons (Fsp3) is 0.350. The Balaban J connectivity index is 1.72. The first-order valence-corrected chi connectivity index (χ1v) is 7.94. The van der Waals surface area contributed by atoms with Crippen LogP contribution in [-0.2, 0) is 6.42 Å². The number of aliphatic imine (C=N–C) groups is 1. The molecule has 0 unspecified atom stereocenters. The van der Waals surface area contributed by atoms with E-state index in [1.807, 2.05) is 0 Å². The van der Waals surface area contributed by atoms with Gasteiger partial charge in [-0.15, -0.1) is 0 Å². The van der Waals surface area contributed by atoms with Gasteiger partial charge in [0.05, 0.1) is 11.4 Å². The van der Waals surface area contributed by atoms with Crippen LogP contribution >= 0.6 is 0 Å². The standard InChI is InChI=1S/C20H24N2/c1-14(22-20(2,3)4)12-15-9-7-10-17(15)19-13-16-8-5-6-11-18(16)21-19/h5-6,8-11,22H,1,7,12-13H2,2-4H3. The molecule has 3 rings (SSSR count). The van der Waals surface area contributed by atoms with Gasteiger partial charge in [-0.2, -0.15) is 0 Å². The molecule has 0 bridgehead atoms. The van der Waals surface area contributed by atoms with E-state index < -0.39 is 0 Å². The molecule has 1 aliphatic carbocycles. The molecule has 0 spiro atoms. The molecular weight excluding hydrogens is 268 g/mol. The smallest absolute Gasteiger partial charge is 0.0669 e. The van der Waals surface area contributed by atoms with E-state index in [0.29, 0.717) is 0 Å². The highest BCUT2D eigenvalue weighted by molar-refractivity contribution is 6.09. The van der Waals surface area contributed by atoms with Crippen LogP contribution in [0, 0.1) is 0 Å². The van der Waals surface area contributed by atoms with Gasteiger partial charge < -0.3 is 5.32 Å². The van der Waals surface area contributed by atoms with E-state index >= 15 is 0 Å². The first-order chi connectivity index (χ1) is 10.4. The van der Waals surface area contributed by atoms with Crippen molar-refractivity contribution in [3.63, 3.8) is 0 Å². The average Bonchev–Trinajstić information content (AvgIpc) is 3.01. The third-order valence-electron chi connectivity index (χ3n) is 3.90. The van der Waals surface area contributed by atoms with E-state index in [2.05, 4.69) is 69.1 Å². The number of hydrogen-bond donors (Lipinski definition) is 1. The van der Waals surface area contributed by atoms with Gasteiger partial charge in [-0.25, -0.2) is 0 Å². The number of benzene rings is 1. The molecular formula is C20H24N2. The summed E-state index contributed by atoms with van der Waals surface area (Å²) in [6, 6.07) is 8.42. The fourth-order valence-corrected chi connectivity index (χ4v) is 3.13. The molecule has 2 aliphatic rings. The van der Waals surface area contributed by atoms with E-state index in [0.717, 1.165) is 30.6 Å². The van der Waals surface area contributed by atoms with Crippen molar-refractivity contribution in [2.45, 2.75) is 45.6 Å². The monoisotopic (exact) mass is 292 g/mol. The van der Waals surface area contributed by atoms with Crippen molar-refractivity contribution in [1.29, 1.82) is 0 Å². The lowest BCUT2D eigenvalue weighted by Gasteiger charge is -2.24. The van der Waals surface area contributed by atoms with Crippen LogP contribution in [-0.4, -0.2) is 11.3 Å². The zero-order valence-corrected chi connectivity index (χ0v) is 13.7. The van der Waals surface area contributed by atoms with Crippen LogP contribution in [0.3, 0.4) is 0 Å². The third kappa shape index (κ3) is 3.22. The summed E-state index contributed by atoms with van der Waals surface area (Å²) < 4.78 is 0. The van der Waals surface area contributed by atoms with Crippen molar-refractivity contribution >= 4 is 11.4 Å². The number of nitrogens with zero attached hydrogens (tertiary/aromatic N) is 1. The van der Waals surface area contributed by atoms with E-state index in [1.54, 1.807) is 0 Å². The fourth-order valence-electron chi connectivity index (χ4n) is 3.13. The highest BCUT2D eigenvalue weighted by Crippen LogP contribution is 2.34. The lowest BCUT2D eigenvalue weighted by atomic mass is 9.97. The van der Waals surface area contributed by atoms with Crippen molar-refractivity contribution in [2.75, 3.05) is 0 Å². The van der Waals surface area contributed by atoms with Crippen molar-refractivity contribution in [2.24, 2.45) is 4.99 Å². The van der Waals surface area contributed by atoms with Gasteiger partial charge in [0.1, 0.15) is 0 Å². The van der Waals surface area contributed by atoms with Gasteiger partial charge in [0.25, 0.3) is 0 Å². The Morgan fingerprint density at radius 2 is 2.00 bits per heavy atom. The molecule has 1 aromatic rings. The SMILES string of the molecule is C=C(CC1=CCC=C1C1=Nc2ccccc2C1)NC(C)(C)C.